The number of carbonyl (C=O) groups is 1. The number of nitrogens with one attached hydrogen (secondary N) is 2. The van der Waals surface area contributed by atoms with Gasteiger partial charge in [0.05, 0.1) is 13.2 Å². The van der Waals surface area contributed by atoms with Gasteiger partial charge in [-0.3, -0.25) is 9.79 Å². The van der Waals surface area contributed by atoms with Crippen molar-refractivity contribution < 1.29 is 9.53 Å². The van der Waals surface area contributed by atoms with Crippen LogP contribution in [0, 0.1) is 5.92 Å². The largest absolute Gasteiger partial charge is 0.377 e. The number of piperidine rings is 1. The standard InChI is InChI=1S/C20H36N4O2/c1-4-17(5-2)19(25)24-12-7-18(8-13-24)23-20(21-3)22-11-6-16-9-14-26-15-10-16/h9,17-18H,4-8,10-15H2,1-3H3,(H2,21,22,23). The summed E-state index contributed by atoms with van der Waals surface area (Å²) in [6.07, 6.45) is 8.10. The summed E-state index contributed by atoms with van der Waals surface area (Å²) < 4.78 is 5.34. The molecule has 0 aromatic carbocycles. The molecule has 2 aliphatic rings. The van der Waals surface area contributed by atoms with E-state index in [1.807, 2.05) is 11.9 Å². The molecule has 0 spiro atoms. The number of carbonyl (C=O) groups excluding carboxylic acids is 1. The molecule has 2 rings (SSSR count). The van der Waals surface area contributed by atoms with E-state index >= 15 is 0 Å². The average Bonchev–Trinajstić information content (AvgIpc) is 2.69. The number of amides is 1. The van der Waals surface area contributed by atoms with Gasteiger partial charge in [-0.1, -0.05) is 25.5 Å². The Morgan fingerprint density at radius 3 is 2.65 bits per heavy atom. The maximum absolute atomic E-state index is 12.5. The second kappa shape index (κ2) is 11.2. The summed E-state index contributed by atoms with van der Waals surface area (Å²) in [5.41, 5.74) is 1.47. The van der Waals surface area contributed by atoms with E-state index in [9.17, 15) is 4.79 Å². The second-order valence-corrected chi connectivity index (χ2v) is 7.19. The number of rotatable bonds is 7. The van der Waals surface area contributed by atoms with Gasteiger partial charge < -0.3 is 20.3 Å². The molecule has 2 N–H and O–H groups in total. The van der Waals surface area contributed by atoms with Crippen LogP contribution < -0.4 is 10.6 Å². The van der Waals surface area contributed by atoms with Crippen LogP contribution in [0.25, 0.3) is 0 Å². The van der Waals surface area contributed by atoms with Crippen molar-refractivity contribution >= 4 is 11.9 Å². The van der Waals surface area contributed by atoms with Crippen LogP contribution in [0.1, 0.15) is 52.4 Å². The van der Waals surface area contributed by atoms with Gasteiger partial charge in [-0.15, -0.1) is 0 Å². The first-order valence-electron chi connectivity index (χ1n) is 10.2. The van der Waals surface area contributed by atoms with Crippen LogP contribution in [0.5, 0.6) is 0 Å². The molecule has 6 heteroatoms. The van der Waals surface area contributed by atoms with Gasteiger partial charge in [-0.25, -0.2) is 0 Å². The minimum atomic E-state index is 0.188. The average molecular weight is 365 g/mol. The van der Waals surface area contributed by atoms with Gasteiger partial charge in [0.1, 0.15) is 0 Å². The lowest BCUT2D eigenvalue weighted by molar-refractivity contribution is -0.136. The van der Waals surface area contributed by atoms with Crippen molar-refractivity contribution in [2.24, 2.45) is 10.9 Å². The zero-order valence-electron chi connectivity index (χ0n) is 16.7. The summed E-state index contributed by atoms with van der Waals surface area (Å²) in [6.45, 7) is 8.37. The van der Waals surface area contributed by atoms with E-state index in [1.54, 1.807) is 0 Å². The summed E-state index contributed by atoms with van der Waals surface area (Å²) in [6, 6.07) is 0.384. The summed E-state index contributed by atoms with van der Waals surface area (Å²) in [5.74, 6) is 1.39. The Morgan fingerprint density at radius 2 is 2.08 bits per heavy atom. The molecule has 2 aliphatic heterocycles. The fourth-order valence-electron chi connectivity index (χ4n) is 3.66. The first-order chi connectivity index (χ1) is 12.7. The van der Waals surface area contributed by atoms with Gasteiger partial charge in [0.15, 0.2) is 5.96 Å². The molecular formula is C20H36N4O2. The van der Waals surface area contributed by atoms with Crippen molar-refractivity contribution in [1.82, 2.24) is 15.5 Å². The molecular weight excluding hydrogens is 328 g/mol. The molecule has 0 radical (unpaired) electrons. The first-order valence-corrected chi connectivity index (χ1v) is 10.2. The Balaban J connectivity index is 1.69. The molecule has 26 heavy (non-hydrogen) atoms. The van der Waals surface area contributed by atoms with E-state index < -0.39 is 0 Å². The minimum Gasteiger partial charge on any atom is -0.377 e. The van der Waals surface area contributed by atoms with Crippen LogP contribution in [-0.2, 0) is 9.53 Å². The molecule has 0 aromatic heterocycles. The van der Waals surface area contributed by atoms with Crippen LogP contribution in [0.3, 0.4) is 0 Å². The molecule has 0 aliphatic carbocycles. The summed E-state index contributed by atoms with van der Waals surface area (Å²) in [4.78, 5) is 18.9. The van der Waals surface area contributed by atoms with E-state index in [2.05, 4.69) is 35.5 Å². The maximum atomic E-state index is 12.5. The minimum absolute atomic E-state index is 0.188. The predicted molar refractivity (Wildman–Crippen MR) is 106 cm³/mol. The topological polar surface area (TPSA) is 66.0 Å². The maximum Gasteiger partial charge on any atom is 0.225 e. The molecule has 6 nitrogen and oxygen atoms in total. The zero-order chi connectivity index (χ0) is 18.8. The highest BCUT2D eigenvalue weighted by Gasteiger charge is 2.26. The summed E-state index contributed by atoms with van der Waals surface area (Å²) in [5, 5.41) is 6.93. The van der Waals surface area contributed by atoms with Gasteiger partial charge >= 0.3 is 0 Å². The molecule has 0 bridgehead atoms. The van der Waals surface area contributed by atoms with Gasteiger partial charge in [-0.2, -0.15) is 0 Å². The van der Waals surface area contributed by atoms with Crippen molar-refractivity contribution in [3.05, 3.63) is 11.6 Å². The van der Waals surface area contributed by atoms with Crippen LogP contribution in [-0.4, -0.2) is 62.7 Å². The number of aliphatic imine (C=N–C) groups is 1. The molecule has 2 heterocycles. The van der Waals surface area contributed by atoms with Crippen LogP contribution >= 0.6 is 0 Å². The lowest BCUT2D eigenvalue weighted by Crippen LogP contribution is -2.50. The van der Waals surface area contributed by atoms with E-state index in [4.69, 9.17) is 4.74 Å². The molecule has 0 atom stereocenters. The van der Waals surface area contributed by atoms with Crippen molar-refractivity contribution in [2.75, 3.05) is 39.9 Å². The molecule has 0 aromatic rings. The third kappa shape index (κ3) is 6.31. The fourth-order valence-corrected chi connectivity index (χ4v) is 3.66. The summed E-state index contributed by atoms with van der Waals surface area (Å²) >= 11 is 0. The monoisotopic (exact) mass is 364 g/mol. The molecule has 0 unspecified atom stereocenters. The lowest BCUT2D eigenvalue weighted by atomic mass is 9.98. The highest BCUT2D eigenvalue weighted by molar-refractivity contribution is 5.80. The normalized spacial score (nSPS) is 19.5. The molecule has 148 valence electrons. The number of likely N-dealkylation sites (tertiary alicyclic amines) is 1. The molecule has 1 fully saturated rings. The SMILES string of the molecule is CCC(CC)C(=O)N1CCC(NC(=NC)NCCC2=CCOCC2)CC1. The smallest absolute Gasteiger partial charge is 0.225 e. The van der Waals surface area contributed by atoms with Crippen LogP contribution in [0.15, 0.2) is 16.6 Å². The Kier molecular flexibility index (Phi) is 8.95. The van der Waals surface area contributed by atoms with Gasteiger partial charge in [-0.05, 0) is 38.5 Å². The molecule has 0 saturated carbocycles. The van der Waals surface area contributed by atoms with Crippen molar-refractivity contribution in [1.29, 1.82) is 0 Å². The van der Waals surface area contributed by atoms with Crippen LogP contribution in [0.4, 0.5) is 0 Å². The van der Waals surface area contributed by atoms with Gasteiger partial charge in [0.2, 0.25) is 5.91 Å². The van der Waals surface area contributed by atoms with Crippen molar-refractivity contribution in [3.8, 4) is 0 Å². The van der Waals surface area contributed by atoms with E-state index in [1.165, 1.54) is 5.57 Å². The quantitative estimate of drug-likeness (QED) is 0.413. The lowest BCUT2D eigenvalue weighted by Gasteiger charge is -2.34. The highest BCUT2D eigenvalue weighted by atomic mass is 16.5. The Labute approximate surface area is 158 Å². The third-order valence-electron chi connectivity index (χ3n) is 5.50. The number of hydrogen-bond acceptors (Lipinski definition) is 3. The molecule has 1 saturated heterocycles. The Hall–Kier alpha value is -1.56. The number of guanidine groups is 1. The van der Waals surface area contributed by atoms with Gasteiger partial charge in [0, 0.05) is 38.6 Å². The third-order valence-corrected chi connectivity index (χ3v) is 5.50. The zero-order valence-corrected chi connectivity index (χ0v) is 16.7. The van der Waals surface area contributed by atoms with E-state index in [-0.39, 0.29) is 5.92 Å². The number of ether oxygens (including phenoxy) is 1. The predicted octanol–water partition coefficient (Wildman–Crippen LogP) is 2.32. The Morgan fingerprint density at radius 1 is 1.35 bits per heavy atom. The van der Waals surface area contributed by atoms with Crippen LogP contribution in [0.2, 0.25) is 0 Å². The molecule has 1 amide bonds. The second-order valence-electron chi connectivity index (χ2n) is 7.19. The number of hydrogen-bond donors (Lipinski definition) is 2. The fraction of sp³-hybridized carbons (Fsp3) is 0.800. The van der Waals surface area contributed by atoms with Gasteiger partial charge in [0.25, 0.3) is 0 Å². The Bertz CT molecular complexity index is 492. The first kappa shape index (κ1) is 20.7. The number of nitrogens with zero attached hydrogens (tertiary/aromatic N) is 2. The van der Waals surface area contributed by atoms with E-state index in [0.717, 1.165) is 77.3 Å². The van der Waals surface area contributed by atoms with Crippen molar-refractivity contribution in [3.63, 3.8) is 0 Å². The highest BCUT2D eigenvalue weighted by Crippen LogP contribution is 2.17. The van der Waals surface area contributed by atoms with Crippen molar-refractivity contribution in [2.45, 2.75) is 58.4 Å². The van der Waals surface area contributed by atoms with E-state index in [0.29, 0.717) is 11.9 Å². The summed E-state index contributed by atoms with van der Waals surface area (Å²) in [7, 11) is 1.81.